The number of anilines is 1. The molecule has 0 atom stereocenters. The molecule has 0 aliphatic rings. The summed E-state index contributed by atoms with van der Waals surface area (Å²) in [5, 5.41) is 0. The SMILES string of the molecule is CCCCc1c(C)cc(N)nc1C. The molecule has 0 aliphatic carbocycles. The molecule has 0 amide bonds. The van der Waals surface area contributed by atoms with Gasteiger partial charge in [0.05, 0.1) is 0 Å². The Morgan fingerprint density at radius 1 is 1.38 bits per heavy atom. The van der Waals surface area contributed by atoms with Gasteiger partial charge in [-0.15, -0.1) is 0 Å². The van der Waals surface area contributed by atoms with Crippen LogP contribution in [0.5, 0.6) is 0 Å². The van der Waals surface area contributed by atoms with Gasteiger partial charge < -0.3 is 5.73 Å². The molecule has 1 aromatic heterocycles. The van der Waals surface area contributed by atoms with Crippen molar-refractivity contribution >= 4 is 5.82 Å². The Morgan fingerprint density at radius 3 is 2.62 bits per heavy atom. The van der Waals surface area contributed by atoms with Crippen LogP contribution in [0, 0.1) is 13.8 Å². The van der Waals surface area contributed by atoms with Crippen LogP contribution in [0.3, 0.4) is 0 Å². The van der Waals surface area contributed by atoms with Crippen molar-refractivity contribution in [2.45, 2.75) is 40.0 Å². The molecule has 1 heterocycles. The smallest absolute Gasteiger partial charge is 0.123 e. The van der Waals surface area contributed by atoms with Gasteiger partial charge >= 0.3 is 0 Å². The monoisotopic (exact) mass is 178 g/mol. The summed E-state index contributed by atoms with van der Waals surface area (Å²) in [6.07, 6.45) is 3.58. The van der Waals surface area contributed by atoms with Crippen LogP contribution < -0.4 is 5.73 Å². The third-order valence-electron chi connectivity index (χ3n) is 2.35. The van der Waals surface area contributed by atoms with Gasteiger partial charge in [-0.1, -0.05) is 13.3 Å². The van der Waals surface area contributed by atoms with Crippen molar-refractivity contribution in [3.05, 3.63) is 22.9 Å². The molecule has 0 fully saturated rings. The van der Waals surface area contributed by atoms with Crippen molar-refractivity contribution in [1.29, 1.82) is 0 Å². The summed E-state index contributed by atoms with van der Waals surface area (Å²) >= 11 is 0. The first kappa shape index (κ1) is 10.0. The average Bonchev–Trinajstić information content (AvgIpc) is 2.02. The van der Waals surface area contributed by atoms with Crippen LogP contribution in [0.15, 0.2) is 6.07 Å². The van der Waals surface area contributed by atoms with Crippen LogP contribution in [-0.2, 0) is 6.42 Å². The fourth-order valence-corrected chi connectivity index (χ4v) is 1.62. The van der Waals surface area contributed by atoms with Crippen LogP contribution in [0.1, 0.15) is 36.6 Å². The summed E-state index contributed by atoms with van der Waals surface area (Å²) in [5.74, 6) is 0.634. The van der Waals surface area contributed by atoms with E-state index in [0.29, 0.717) is 5.82 Å². The fraction of sp³-hybridized carbons (Fsp3) is 0.545. The first-order chi connectivity index (χ1) is 6.15. The number of hydrogen-bond acceptors (Lipinski definition) is 2. The first-order valence-corrected chi connectivity index (χ1v) is 4.87. The molecular weight excluding hydrogens is 160 g/mol. The zero-order chi connectivity index (χ0) is 9.84. The summed E-state index contributed by atoms with van der Waals surface area (Å²) in [7, 11) is 0. The largest absolute Gasteiger partial charge is 0.384 e. The zero-order valence-electron chi connectivity index (χ0n) is 8.72. The second-order valence-electron chi connectivity index (χ2n) is 3.53. The van der Waals surface area contributed by atoms with Crippen LogP contribution >= 0.6 is 0 Å². The van der Waals surface area contributed by atoms with Crippen molar-refractivity contribution in [1.82, 2.24) is 4.98 Å². The van der Waals surface area contributed by atoms with Crippen LogP contribution in [0.4, 0.5) is 5.82 Å². The molecule has 0 aromatic carbocycles. The lowest BCUT2D eigenvalue weighted by Gasteiger charge is -2.09. The number of unbranched alkanes of at least 4 members (excludes halogenated alkanes) is 1. The molecule has 0 bridgehead atoms. The van der Waals surface area contributed by atoms with Gasteiger partial charge in [0.25, 0.3) is 0 Å². The Bertz CT molecular complexity index is 269. The van der Waals surface area contributed by atoms with Crippen LogP contribution in [-0.4, -0.2) is 4.98 Å². The third-order valence-corrected chi connectivity index (χ3v) is 2.35. The lowest BCUT2D eigenvalue weighted by molar-refractivity contribution is 0.782. The van der Waals surface area contributed by atoms with Gasteiger partial charge in [0, 0.05) is 5.69 Å². The quantitative estimate of drug-likeness (QED) is 0.772. The second kappa shape index (κ2) is 4.26. The van der Waals surface area contributed by atoms with Crippen LogP contribution in [0.2, 0.25) is 0 Å². The highest BCUT2D eigenvalue weighted by Crippen LogP contribution is 2.16. The van der Waals surface area contributed by atoms with E-state index in [-0.39, 0.29) is 0 Å². The molecule has 0 saturated heterocycles. The number of aromatic nitrogens is 1. The minimum Gasteiger partial charge on any atom is -0.384 e. The molecule has 13 heavy (non-hydrogen) atoms. The maximum Gasteiger partial charge on any atom is 0.123 e. The summed E-state index contributed by atoms with van der Waals surface area (Å²) in [6, 6.07) is 1.96. The molecule has 0 radical (unpaired) electrons. The van der Waals surface area contributed by atoms with E-state index in [1.54, 1.807) is 0 Å². The maximum absolute atomic E-state index is 5.65. The third kappa shape index (κ3) is 2.44. The minimum atomic E-state index is 0.634. The molecule has 2 N–H and O–H groups in total. The predicted molar refractivity (Wildman–Crippen MR) is 56.7 cm³/mol. The number of nitrogen functional groups attached to an aromatic ring is 1. The number of aryl methyl sites for hydroxylation is 2. The molecule has 1 aromatic rings. The Labute approximate surface area is 80.2 Å². The van der Waals surface area contributed by atoms with Crippen molar-refractivity contribution in [2.75, 3.05) is 5.73 Å². The fourth-order valence-electron chi connectivity index (χ4n) is 1.62. The summed E-state index contributed by atoms with van der Waals surface area (Å²) < 4.78 is 0. The topological polar surface area (TPSA) is 38.9 Å². The Morgan fingerprint density at radius 2 is 2.08 bits per heavy atom. The molecule has 72 valence electrons. The highest BCUT2D eigenvalue weighted by Gasteiger charge is 2.04. The number of rotatable bonds is 3. The van der Waals surface area contributed by atoms with E-state index in [9.17, 15) is 0 Å². The molecular formula is C11H18N2. The van der Waals surface area contributed by atoms with Crippen molar-refractivity contribution in [3.8, 4) is 0 Å². The first-order valence-electron chi connectivity index (χ1n) is 4.87. The van der Waals surface area contributed by atoms with E-state index in [1.165, 1.54) is 24.0 Å². The molecule has 0 aliphatic heterocycles. The van der Waals surface area contributed by atoms with Gasteiger partial charge in [-0.05, 0) is 43.9 Å². The molecule has 0 unspecified atom stereocenters. The van der Waals surface area contributed by atoms with Crippen molar-refractivity contribution < 1.29 is 0 Å². The highest BCUT2D eigenvalue weighted by molar-refractivity contribution is 5.40. The van der Waals surface area contributed by atoms with Gasteiger partial charge in [-0.3, -0.25) is 0 Å². The summed E-state index contributed by atoms with van der Waals surface area (Å²) in [4.78, 5) is 4.27. The molecule has 2 nitrogen and oxygen atoms in total. The number of nitrogens with zero attached hydrogens (tertiary/aromatic N) is 1. The minimum absolute atomic E-state index is 0.634. The van der Waals surface area contributed by atoms with Gasteiger partial charge in [-0.25, -0.2) is 4.98 Å². The maximum atomic E-state index is 5.65. The van der Waals surface area contributed by atoms with Crippen molar-refractivity contribution in [2.24, 2.45) is 0 Å². The zero-order valence-corrected chi connectivity index (χ0v) is 8.72. The van der Waals surface area contributed by atoms with E-state index >= 15 is 0 Å². The number of hydrogen-bond donors (Lipinski definition) is 1. The standard InChI is InChI=1S/C11H18N2/c1-4-5-6-10-8(2)7-11(12)13-9(10)3/h7H,4-6H2,1-3H3,(H2,12,13). The Hall–Kier alpha value is -1.05. The van der Waals surface area contributed by atoms with E-state index in [4.69, 9.17) is 5.73 Å². The predicted octanol–water partition coefficient (Wildman–Crippen LogP) is 2.62. The van der Waals surface area contributed by atoms with Gasteiger partial charge in [0.15, 0.2) is 0 Å². The Kier molecular flexibility index (Phi) is 3.29. The lowest BCUT2D eigenvalue weighted by atomic mass is 10.0. The second-order valence-corrected chi connectivity index (χ2v) is 3.53. The summed E-state index contributed by atoms with van der Waals surface area (Å²) in [6.45, 7) is 6.35. The van der Waals surface area contributed by atoms with E-state index in [1.807, 2.05) is 13.0 Å². The normalized spacial score (nSPS) is 10.4. The van der Waals surface area contributed by atoms with E-state index in [0.717, 1.165) is 12.1 Å². The van der Waals surface area contributed by atoms with Gasteiger partial charge in [-0.2, -0.15) is 0 Å². The van der Waals surface area contributed by atoms with Gasteiger partial charge in [0.2, 0.25) is 0 Å². The molecule has 2 heteroatoms. The van der Waals surface area contributed by atoms with E-state index in [2.05, 4.69) is 18.8 Å². The molecule has 0 spiro atoms. The van der Waals surface area contributed by atoms with E-state index < -0.39 is 0 Å². The molecule has 0 saturated carbocycles. The van der Waals surface area contributed by atoms with Crippen LogP contribution in [0.25, 0.3) is 0 Å². The average molecular weight is 178 g/mol. The number of pyridine rings is 1. The highest BCUT2D eigenvalue weighted by atomic mass is 14.8. The molecule has 1 rings (SSSR count). The van der Waals surface area contributed by atoms with Crippen molar-refractivity contribution in [3.63, 3.8) is 0 Å². The lowest BCUT2D eigenvalue weighted by Crippen LogP contribution is -2.00. The Balaban J connectivity index is 2.92. The summed E-state index contributed by atoms with van der Waals surface area (Å²) in [5.41, 5.74) is 9.38. The van der Waals surface area contributed by atoms with Gasteiger partial charge in [0.1, 0.15) is 5.82 Å². The number of nitrogens with two attached hydrogens (primary N) is 1.